The molecule has 0 bridgehead atoms. The van der Waals surface area contributed by atoms with Gasteiger partial charge in [-0.15, -0.1) is 0 Å². The van der Waals surface area contributed by atoms with Crippen LogP contribution in [0.3, 0.4) is 0 Å². The number of sulfone groups is 1. The van der Waals surface area contributed by atoms with Crippen LogP contribution in [0, 0.1) is 17.6 Å². The minimum absolute atomic E-state index is 0.0445. The van der Waals surface area contributed by atoms with E-state index in [2.05, 4.69) is 10.3 Å². The normalized spacial score (nSPS) is 14.4. The van der Waals surface area contributed by atoms with Gasteiger partial charge in [0.2, 0.25) is 0 Å². The van der Waals surface area contributed by atoms with E-state index < -0.39 is 50.0 Å². The number of pyridine rings is 1. The molecule has 3 rings (SSSR count). The summed E-state index contributed by atoms with van der Waals surface area (Å²) in [5.41, 5.74) is 0.629. The van der Waals surface area contributed by atoms with E-state index in [9.17, 15) is 22.0 Å². The highest BCUT2D eigenvalue weighted by Crippen LogP contribution is 2.29. The molecule has 1 aromatic heterocycles. The second-order valence-electron chi connectivity index (χ2n) is 6.97. The maximum Gasteiger partial charge on any atom is 0.409 e. The van der Waals surface area contributed by atoms with Gasteiger partial charge in [-0.25, -0.2) is 22.0 Å². The number of aromatic nitrogens is 1. The van der Waals surface area contributed by atoms with Gasteiger partial charge in [0.25, 0.3) is 5.95 Å². The number of carbonyl (C=O) groups excluding carboxylic acids is 1. The molecule has 0 saturated carbocycles. The van der Waals surface area contributed by atoms with Gasteiger partial charge in [0.05, 0.1) is 12.4 Å². The first-order chi connectivity index (χ1) is 15.2. The van der Waals surface area contributed by atoms with Crippen molar-refractivity contribution >= 4 is 27.4 Å². The van der Waals surface area contributed by atoms with E-state index in [1.807, 2.05) is 0 Å². The summed E-state index contributed by atoms with van der Waals surface area (Å²) in [7, 11) is -4.51. The highest BCUT2D eigenvalue weighted by molar-refractivity contribution is 7.91. The van der Waals surface area contributed by atoms with Crippen LogP contribution in [-0.4, -0.2) is 69.5 Å². The first-order valence-electron chi connectivity index (χ1n) is 9.97. The molecule has 1 aromatic carbocycles. The largest absolute Gasteiger partial charge is 0.450 e. The van der Waals surface area contributed by atoms with E-state index in [-0.39, 0.29) is 39.3 Å². The molecule has 0 radical (unpaired) electrons. The quantitative estimate of drug-likeness (QED) is 0.620. The summed E-state index contributed by atoms with van der Waals surface area (Å²) in [5.74, 6) is -6.27. The molecule has 0 aliphatic carbocycles. The number of ether oxygens (including phenoxy) is 1. The lowest BCUT2D eigenvalue weighted by Crippen LogP contribution is -2.49. The number of halogens is 3. The molecule has 12 heteroatoms. The molecule has 1 amide bonds. The first-order valence-corrected chi connectivity index (χ1v) is 11.6. The minimum Gasteiger partial charge on any atom is -0.450 e. The van der Waals surface area contributed by atoms with Crippen LogP contribution in [0.25, 0.3) is 0 Å². The number of para-hydroxylation sites is 1. The van der Waals surface area contributed by atoms with E-state index in [0.29, 0.717) is 5.69 Å². The molecular formula is C20H23F3N4O4S. The Morgan fingerprint density at radius 3 is 2.38 bits per heavy atom. The minimum atomic E-state index is -4.51. The van der Waals surface area contributed by atoms with Gasteiger partial charge in [-0.3, -0.25) is 0 Å². The second kappa shape index (κ2) is 10.1. The highest BCUT2D eigenvalue weighted by atomic mass is 32.2. The summed E-state index contributed by atoms with van der Waals surface area (Å²) in [4.78, 5) is 16.4. The van der Waals surface area contributed by atoms with Crippen molar-refractivity contribution in [2.45, 2.75) is 11.8 Å². The average Bonchev–Trinajstić information content (AvgIpc) is 2.77. The summed E-state index contributed by atoms with van der Waals surface area (Å²) in [6.07, 6.45) is -0.542. The molecule has 1 aliphatic heterocycles. The maximum absolute atomic E-state index is 15.1. The van der Waals surface area contributed by atoms with Crippen molar-refractivity contribution in [2.75, 3.05) is 55.3 Å². The van der Waals surface area contributed by atoms with Crippen LogP contribution in [0.2, 0.25) is 0 Å². The fourth-order valence-electron chi connectivity index (χ4n) is 3.27. The Labute approximate surface area is 183 Å². The van der Waals surface area contributed by atoms with Crippen LogP contribution in [-0.2, 0) is 14.6 Å². The molecule has 1 saturated heterocycles. The van der Waals surface area contributed by atoms with Crippen molar-refractivity contribution in [2.24, 2.45) is 0 Å². The van der Waals surface area contributed by atoms with Crippen molar-refractivity contribution in [1.82, 2.24) is 9.88 Å². The highest BCUT2D eigenvalue weighted by Gasteiger charge is 2.33. The number of amides is 1. The van der Waals surface area contributed by atoms with Crippen LogP contribution in [0.5, 0.6) is 0 Å². The van der Waals surface area contributed by atoms with Crippen molar-refractivity contribution in [1.29, 1.82) is 0 Å². The number of hydrogen-bond donors (Lipinski definition) is 1. The SMILES string of the molecule is CCOC(=O)N1CCN(c2nc(F)c(F)c(S(=O)(=O)CCNc3ccccc3)c2F)CC1. The van der Waals surface area contributed by atoms with Gasteiger partial charge < -0.3 is 19.9 Å². The standard InChI is InChI=1S/C20H23F3N4O4S/c1-2-31-20(28)27-11-9-26(10-12-27)19-16(22)17(15(21)18(23)25-19)32(29,30)13-8-24-14-6-4-3-5-7-14/h3-7,24H,2,8-13H2,1H3. The van der Waals surface area contributed by atoms with E-state index in [1.165, 1.54) is 9.80 Å². The van der Waals surface area contributed by atoms with Crippen LogP contribution in [0.1, 0.15) is 6.92 Å². The summed E-state index contributed by atoms with van der Waals surface area (Å²) in [6.45, 7) is 2.06. The lowest BCUT2D eigenvalue weighted by Gasteiger charge is -2.35. The molecule has 0 unspecified atom stereocenters. The molecule has 32 heavy (non-hydrogen) atoms. The Bertz CT molecular complexity index is 1060. The van der Waals surface area contributed by atoms with Crippen molar-refractivity contribution in [3.8, 4) is 0 Å². The van der Waals surface area contributed by atoms with Crippen LogP contribution >= 0.6 is 0 Å². The van der Waals surface area contributed by atoms with Gasteiger partial charge in [0.1, 0.15) is 4.90 Å². The molecule has 0 atom stereocenters. The molecule has 0 spiro atoms. The summed E-state index contributed by atoms with van der Waals surface area (Å²) in [6, 6.07) is 8.66. The molecule has 1 aliphatic rings. The fraction of sp³-hybridized carbons (Fsp3) is 0.400. The number of anilines is 2. The second-order valence-corrected chi connectivity index (χ2v) is 9.01. The molecule has 1 N–H and O–H groups in total. The number of rotatable bonds is 7. The van der Waals surface area contributed by atoms with Gasteiger partial charge in [-0.05, 0) is 19.1 Å². The number of carbonyl (C=O) groups is 1. The van der Waals surface area contributed by atoms with Crippen LogP contribution in [0.15, 0.2) is 35.2 Å². The Kier molecular flexibility index (Phi) is 7.44. The molecule has 1 fully saturated rings. The summed E-state index contributed by atoms with van der Waals surface area (Å²) >= 11 is 0. The Morgan fingerprint density at radius 1 is 1.09 bits per heavy atom. The molecular weight excluding hydrogens is 449 g/mol. The monoisotopic (exact) mass is 472 g/mol. The van der Waals surface area contributed by atoms with Gasteiger partial charge in [-0.2, -0.15) is 9.37 Å². The predicted octanol–water partition coefficient (Wildman–Crippen LogP) is 2.66. The lowest BCUT2D eigenvalue weighted by atomic mass is 10.3. The molecule has 2 aromatic rings. The zero-order valence-corrected chi connectivity index (χ0v) is 18.2. The Morgan fingerprint density at radius 2 is 1.75 bits per heavy atom. The number of benzene rings is 1. The topological polar surface area (TPSA) is 91.8 Å². The third-order valence-electron chi connectivity index (χ3n) is 4.87. The average molecular weight is 472 g/mol. The van der Waals surface area contributed by atoms with Gasteiger partial charge in [-0.1, -0.05) is 18.2 Å². The van der Waals surface area contributed by atoms with E-state index in [4.69, 9.17) is 4.74 Å². The zero-order valence-electron chi connectivity index (χ0n) is 17.4. The predicted molar refractivity (Wildman–Crippen MR) is 112 cm³/mol. The van der Waals surface area contributed by atoms with Gasteiger partial charge >= 0.3 is 6.09 Å². The van der Waals surface area contributed by atoms with Crippen molar-refractivity contribution < 1.29 is 31.1 Å². The van der Waals surface area contributed by atoms with Crippen molar-refractivity contribution in [3.05, 3.63) is 47.9 Å². The Balaban J connectivity index is 1.78. The van der Waals surface area contributed by atoms with Crippen LogP contribution in [0.4, 0.5) is 29.5 Å². The molecule has 174 valence electrons. The lowest BCUT2D eigenvalue weighted by molar-refractivity contribution is 0.105. The number of piperazine rings is 1. The summed E-state index contributed by atoms with van der Waals surface area (Å²) < 4.78 is 73.8. The smallest absolute Gasteiger partial charge is 0.409 e. The van der Waals surface area contributed by atoms with Gasteiger partial charge in [0.15, 0.2) is 27.3 Å². The van der Waals surface area contributed by atoms with Gasteiger partial charge in [0, 0.05) is 38.4 Å². The zero-order chi connectivity index (χ0) is 23.3. The third kappa shape index (κ3) is 5.23. The molecule has 8 nitrogen and oxygen atoms in total. The fourth-order valence-corrected chi connectivity index (χ4v) is 4.57. The molecule has 2 heterocycles. The number of nitrogens with one attached hydrogen (secondary N) is 1. The Hall–Kier alpha value is -3.02. The van der Waals surface area contributed by atoms with E-state index in [0.717, 1.165) is 0 Å². The van der Waals surface area contributed by atoms with Crippen LogP contribution < -0.4 is 10.2 Å². The van der Waals surface area contributed by atoms with E-state index >= 15 is 4.39 Å². The number of hydrogen-bond acceptors (Lipinski definition) is 7. The third-order valence-corrected chi connectivity index (χ3v) is 6.59. The van der Waals surface area contributed by atoms with Crippen molar-refractivity contribution in [3.63, 3.8) is 0 Å². The van der Waals surface area contributed by atoms with E-state index in [1.54, 1.807) is 37.3 Å². The number of nitrogens with zero attached hydrogens (tertiary/aromatic N) is 3. The maximum atomic E-state index is 15.1. The summed E-state index contributed by atoms with van der Waals surface area (Å²) in [5, 5.41) is 2.83. The first kappa shape index (κ1) is 23.6.